The number of carboxylic acid groups (broad SMARTS) is 1. The minimum atomic E-state index is -1.62. The van der Waals surface area contributed by atoms with E-state index in [1.165, 1.54) is 46.7 Å². The summed E-state index contributed by atoms with van der Waals surface area (Å²) in [5, 5.41) is 25.3. The van der Waals surface area contributed by atoms with Gasteiger partial charge < -0.3 is 29.7 Å². The number of fused-ring (bicyclic) bond motifs is 1. The minimum Gasteiger partial charge on any atom is -0.449 e. The molecule has 2 unspecified atom stereocenters. The predicted molar refractivity (Wildman–Crippen MR) is 134 cm³/mol. The maximum absolute atomic E-state index is 13.4. The van der Waals surface area contributed by atoms with Crippen LogP contribution >= 0.6 is 23.5 Å². The van der Waals surface area contributed by atoms with Gasteiger partial charge in [-0.2, -0.15) is 4.98 Å². The first-order valence-corrected chi connectivity index (χ1v) is 12.8. The van der Waals surface area contributed by atoms with E-state index < -0.39 is 28.1 Å². The number of tetrazole rings is 1. The molecule has 0 radical (unpaired) electrons. The van der Waals surface area contributed by atoms with Crippen molar-refractivity contribution in [2.75, 3.05) is 38.4 Å². The van der Waals surface area contributed by atoms with E-state index in [0.717, 1.165) is 6.21 Å². The topological polar surface area (TPSA) is 218 Å². The van der Waals surface area contributed by atoms with Crippen LogP contribution in [0.15, 0.2) is 32.4 Å². The molecule has 0 aromatic carbocycles. The van der Waals surface area contributed by atoms with Gasteiger partial charge in [-0.05, 0) is 37.5 Å². The van der Waals surface area contributed by atoms with Crippen molar-refractivity contribution in [3.05, 3.63) is 17.7 Å². The van der Waals surface area contributed by atoms with Crippen molar-refractivity contribution in [2.45, 2.75) is 34.0 Å². The molecule has 1 saturated heterocycles. The number of rotatable bonds is 11. The zero-order valence-corrected chi connectivity index (χ0v) is 22.0. The number of hydrogen-bond acceptors (Lipinski definition) is 15. The highest BCUT2D eigenvalue weighted by Crippen LogP contribution is 2.50. The van der Waals surface area contributed by atoms with E-state index in [2.05, 4.69) is 35.6 Å². The SMILES string of the molecule is CON=CC(=O)N(c1coc(N)n1)C1S[C@H]2CC(=O)N2C(OC(=O)O)=C1C(CCN(C)C)Sc1nnn[nH]1. The Hall–Kier alpha value is -3.84. The molecule has 4 rings (SSSR count). The summed E-state index contributed by atoms with van der Waals surface area (Å²) in [5.41, 5.74) is 6.01. The molecule has 0 aliphatic carbocycles. The molecular weight excluding hydrogens is 544 g/mol. The summed E-state index contributed by atoms with van der Waals surface area (Å²) in [6.45, 7) is 0.549. The largest absolute Gasteiger partial charge is 0.512 e. The maximum atomic E-state index is 13.4. The fourth-order valence-corrected chi connectivity index (χ4v) is 6.51. The lowest BCUT2D eigenvalue weighted by molar-refractivity contribution is -0.141. The van der Waals surface area contributed by atoms with Crippen molar-refractivity contribution >= 4 is 59.5 Å². The van der Waals surface area contributed by atoms with Gasteiger partial charge in [-0.1, -0.05) is 16.9 Å². The zero-order chi connectivity index (χ0) is 27.4. The summed E-state index contributed by atoms with van der Waals surface area (Å²) in [7, 11) is 5.02. The average molecular weight is 569 g/mol. The number of nitrogens with two attached hydrogens (primary N) is 1. The molecule has 2 aromatic heterocycles. The van der Waals surface area contributed by atoms with Gasteiger partial charge >= 0.3 is 6.16 Å². The Morgan fingerprint density at radius 3 is 2.87 bits per heavy atom. The van der Waals surface area contributed by atoms with Crippen molar-refractivity contribution in [1.82, 2.24) is 35.4 Å². The Balaban J connectivity index is 1.90. The summed E-state index contributed by atoms with van der Waals surface area (Å²) >= 11 is 2.43. The van der Waals surface area contributed by atoms with Crippen molar-refractivity contribution in [2.24, 2.45) is 5.16 Å². The van der Waals surface area contributed by atoms with Crippen molar-refractivity contribution < 1.29 is 33.5 Å². The summed E-state index contributed by atoms with van der Waals surface area (Å²) in [4.78, 5) is 51.1. The number of hydrogen-bond donors (Lipinski definition) is 3. The molecule has 0 spiro atoms. The van der Waals surface area contributed by atoms with Gasteiger partial charge in [0.15, 0.2) is 5.82 Å². The summed E-state index contributed by atoms with van der Waals surface area (Å²) in [5.74, 6) is -1.14. The molecule has 38 heavy (non-hydrogen) atoms. The molecule has 4 N–H and O–H groups in total. The number of amides is 2. The number of aromatic nitrogens is 5. The summed E-state index contributed by atoms with van der Waals surface area (Å²) in [6.07, 6.45) is 1.03. The fraction of sp³-hybridized carbons (Fsp3) is 0.474. The van der Waals surface area contributed by atoms with E-state index in [9.17, 15) is 19.5 Å². The first-order chi connectivity index (χ1) is 18.2. The maximum Gasteiger partial charge on any atom is 0.512 e. The molecule has 2 aliphatic heterocycles. The molecule has 0 saturated carbocycles. The highest BCUT2D eigenvalue weighted by molar-refractivity contribution is 8.01. The molecule has 204 valence electrons. The lowest BCUT2D eigenvalue weighted by Crippen LogP contribution is -2.58. The smallest absolute Gasteiger partial charge is 0.449 e. The van der Waals surface area contributed by atoms with Gasteiger partial charge in [0.1, 0.15) is 25.0 Å². The minimum absolute atomic E-state index is 0.0384. The summed E-state index contributed by atoms with van der Waals surface area (Å²) < 4.78 is 10.4. The molecule has 17 nitrogen and oxygen atoms in total. The van der Waals surface area contributed by atoms with Gasteiger partial charge in [-0.25, -0.2) is 9.89 Å². The van der Waals surface area contributed by atoms with E-state index in [0.29, 0.717) is 23.7 Å². The number of carbonyl (C=O) groups excluding carboxylic acids is 2. The number of anilines is 2. The predicted octanol–water partition coefficient (Wildman–Crippen LogP) is 0.385. The lowest BCUT2D eigenvalue weighted by atomic mass is 10.1. The molecule has 2 amide bonds. The second-order valence-corrected chi connectivity index (χ2v) is 10.6. The number of nitrogens with one attached hydrogen (secondary N) is 1. The third-order valence-corrected chi connectivity index (χ3v) is 7.95. The van der Waals surface area contributed by atoms with Crippen LogP contribution in [-0.2, 0) is 19.2 Å². The number of ether oxygens (including phenoxy) is 1. The van der Waals surface area contributed by atoms with E-state index in [1.54, 1.807) is 0 Å². The fourth-order valence-electron chi connectivity index (χ4n) is 3.78. The van der Waals surface area contributed by atoms with Crippen LogP contribution in [0, 0.1) is 0 Å². The van der Waals surface area contributed by atoms with Gasteiger partial charge in [0, 0.05) is 10.8 Å². The van der Waals surface area contributed by atoms with Crippen molar-refractivity contribution in [3.8, 4) is 0 Å². The normalized spacial score (nSPS) is 19.9. The highest BCUT2D eigenvalue weighted by Gasteiger charge is 2.52. The Labute approximate surface area is 223 Å². The Kier molecular flexibility index (Phi) is 8.37. The van der Waals surface area contributed by atoms with Crippen LogP contribution in [0.3, 0.4) is 0 Å². The summed E-state index contributed by atoms with van der Waals surface area (Å²) in [6, 6.07) is -0.193. The van der Waals surface area contributed by atoms with Gasteiger partial charge in [0.25, 0.3) is 11.9 Å². The standard InChI is InChI=1S/C19H24N10O7S2/c1-27(2)5-4-9(37-18-23-25-26-24-18)14-15(36-19(32)33)29-11(30)6-13(29)38-16(14)28(12(31)7-21-34-3)10-8-35-17(20)22-10/h7-9,13,16H,4-6H2,1-3H3,(H2,20,22)(H,32,33)(H,23,24,25,26)/t9?,13-,16?/m0/s1. The molecule has 3 atom stereocenters. The molecule has 2 aliphatic rings. The molecule has 0 bridgehead atoms. The number of oxime groups is 1. The first kappa shape index (κ1) is 27.2. The monoisotopic (exact) mass is 568 g/mol. The van der Waals surface area contributed by atoms with E-state index in [1.807, 2.05) is 19.0 Å². The van der Waals surface area contributed by atoms with Crippen LogP contribution < -0.4 is 10.6 Å². The number of aromatic amines is 1. The number of carbonyl (C=O) groups is 3. The number of nitrogens with zero attached hydrogens (tertiary/aromatic N) is 8. The lowest BCUT2D eigenvalue weighted by Gasteiger charge is -2.49. The number of H-pyrrole nitrogens is 1. The van der Waals surface area contributed by atoms with Crippen LogP contribution in [0.1, 0.15) is 12.8 Å². The van der Waals surface area contributed by atoms with Crippen LogP contribution in [-0.4, -0.2) is 108 Å². The highest BCUT2D eigenvalue weighted by atomic mass is 32.2. The number of thioether (sulfide) groups is 2. The van der Waals surface area contributed by atoms with Crippen molar-refractivity contribution in [1.29, 1.82) is 0 Å². The quantitative estimate of drug-likeness (QED) is 0.110. The van der Waals surface area contributed by atoms with Crippen LogP contribution in [0.5, 0.6) is 0 Å². The average Bonchev–Trinajstić information content (AvgIpc) is 3.51. The molecule has 1 fully saturated rings. The third kappa shape index (κ3) is 5.83. The van der Waals surface area contributed by atoms with E-state index >= 15 is 0 Å². The Bertz CT molecular complexity index is 1230. The third-order valence-electron chi connectivity index (χ3n) is 5.37. The van der Waals surface area contributed by atoms with E-state index in [4.69, 9.17) is 14.9 Å². The van der Waals surface area contributed by atoms with Gasteiger partial charge in [0.2, 0.25) is 16.9 Å². The van der Waals surface area contributed by atoms with Crippen LogP contribution in [0.25, 0.3) is 0 Å². The second kappa shape index (κ2) is 11.7. The molecule has 2 aromatic rings. The van der Waals surface area contributed by atoms with Crippen LogP contribution in [0.2, 0.25) is 0 Å². The zero-order valence-electron chi connectivity index (χ0n) is 20.4. The van der Waals surface area contributed by atoms with E-state index in [-0.39, 0.29) is 30.0 Å². The molecular formula is C19H24N10O7S2. The second-order valence-electron chi connectivity index (χ2n) is 8.11. The molecule has 4 heterocycles. The van der Waals surface area contributed by atoms with Crippen LogP contribution in [0.4, 0.5) is 16.6 Å². The van der Waals surface area contributed by atoms with Gasteiger partial charge in [-0.3, -0.25) is 19.4 Å². The molecule has 19 heteroatoms. The number of nitrogen functional groups attached to an aromatic ring is 1. The number of β-lactam (4-membered cyclic amide) rings is 1. The van der Waals surface area contributed by atoms with Gasteiger partial charge in [-0.15, -0.1) is 16.9 Å². The first-order valence-electron chi connectivity index (χ1n) is 11.0. The van der Waals surface area contributed by atoms with Gasteiger partial charge in [0.05, 0.1) is 11.8 Å². The Morgan fingerprint density at radius 2 is 2.29 bits per heavy atom. The number of oxazole rings is 1. The Morgan fingerprint density at radius 1 is 1.50 bits per heavy atom. The van der Waals surface area contributed by atoms with Crippen molar-refractivity contribution in [3.63, 3.8) is 0 Å².